The maximum Gasteiger partial charge on any atom is 0.469 e. The van der Waals surface area contributed by atoms with Crippen molar-refractivity contribution in [1.82, 2.24) is 0 Å². The quantitative estimate of drug-likeness (QED) is 0.0188. The highest BCUT2D eigenvalue weighted by atomic mass is 31.2. The van der Waals surface area contributed by atoms with Crippen molar-refractivity contribution in [3.63, 3.8) is 0 Å². The second-order valence-corrected chi connectivity index (χ2v) is 14.3. The lowest BCUT2D eigenvalue weighted by atomic mass is 10.1. The van der Waals surface area contributed by atoms with Gasteiger partial charge in [0.1, 0.15) is 6.61 Å². The number of hydrogen-bond acceptors (Lipinski definition) is 7. The highest BCUT2D eigenvalue weighted by Crippen LogP contribution is 2.36. The van der Waals surface area contributed by atoms with Gasteiger partial charge in [0, 0.05) is 12.8 Å². The first-order valence-electron chi connectivity index (χ1n) is 20.3. The first-order chi connectivity index (χ1) is 26.7. The van der Waals surface area contributed by atoms with Crippen LogP contribution in [0.5, 0.6) is 0 Å². The number of phosphoric ester groups is 1. The van der Waals surface area contributed by atoms with Crippen LogP contribution in [0.2, 0.25) is 0 Å². The van der Waals surface area contributed by atoms with Gasteiger partial charge in [-0.1, -0.05) is 149 Å². The van der Waals surface area contributed by atoms with Crippen LogP contribution in [0.1, 0.15) is 136 Å². The number of esters is 2. The van der Waals surface area contributed by atoms with Crippen molar-refractivity contribution in [3.8, 4) is 0 Å². The molecular weight excluding hydrogens is 715 g/mol. The van der Waals surface area contributed by atoms with Crippen LogP contribution < -0.4 is 0 Å². The standard InChI is InChI=1S/C45H71O9P/c1-3-5-7-9-11-13-15-17-18-19-20-21-22-24-26-28-30-32-34-38-44(47)52-40-43(41-53-55(49,50)51)54-45(48)39-35-37-42(46)36-33-31-29-27-25-23-16-14-12-10-8-6-4-2/h11-14,17-18,20-21,23-26,29-33,36,42-43,46H,3-10,15-16,19,22,27-28,34-35,37-41H2,1-2H3,(H2,49,50,51)/b13-11-,14-12-,18-17-,21-20-,25-23-,26-24-,31-29-,32-30-,36-33+/t42-,43+/m0/s1. The fourth-order valence-corrected chi connectivity index (χ4v) is 5.17. The largest absolute Gasteiger partial charge is 0.469 e. The molecule has 2 atom stereocenters. The Kier molecular flexibility index (Phi) is 36.6. The molecule has 0 spiro atoms. The Hall–Kier alpha value is -3.33. The summed E-state index contributed by atoms with van der Waals surface area (Å²) in [6.07, 6.45) is 51.3. The molecule has 0 aliphatic carbocycles. The zero-order valence-electron chi connectivity index (χ0n) is 33.6. The highest BCUT2D eigenvalue weighted by molar-refractivity contribution is 7.46. The molecule has 0 aromatic heterocycles. The van der Waals surface area contributed by atoms with E-state index in [1.54, 1.807) is 12.2 Å². The molecule has 3 N–H and O–H groups in total. The Bertz CT molecular complexity index is 1270. The molecule has 0 aromatic rings. The molecule has 0 amide bonds. The third-order valence-electron chi connectivity index (χ3n) is 7.88. The molecule has 310 valence electrons. The van der Waals surface area contributed by atoms with Crippen LogP contribution in [0.25, 0.3) is 0 Å². The van der Waals surface area contributed by atoms with E-state index in [4.69, 9.17) is 19.3 Å². The van der Waals surface area contributed by atoms with E-state index in [-0.39, 0.29) is 12.8 Å². The zero-order valence-corrected chi connectivity index (χ0v) is 34.5. The number of aliphatic hydroxyl groups excluding tert-OH is 1. The van der Waals surface area contributed by atoms with Crippen LogP contribution in [-0.2, 0) is 28.2 Å². The summed E-state index contributed by atoms with van der Waals surface area (Å²) in [5, 5.41) is 10.2. The van der Waals surface area contributed by atoms with Crippen molar-refractivity contribution in [2.24, 2.45) is 0 Å². The van der Waals surface area contributed by atoms with Gasteiger partial charge in [-0.3, -0.25) is 14.1 Å². The van der Waals surface area contributed by atoms with Gasteiger partial charge in [-0.25, -0.2) is 4.57 Å². The van der Waals surface area contributed by atoms with Gasteiger partial charge in [0.2, 0.25) is 0 Å². The first-order valence-corrected chi connectivity index (χ1v) is 21.8. The number of ether oxygens (including phenoxy) is 2. The Morgan fingerprint density at radius 2 is 1.04 bits per heavy atom. The smallest absolute Gasteiger partial charge is 0.462 e. The number of aliphatic hydroxyl groups is 1. The fourth-order valence-electron chi connectivity index (χ4n) is 4.81. The number of carbonyl (C=O) groups excluding carboxylic acids is 2. The molecule has 0 saturated carbocycles. The second-order valence-electron chi connectivity index (χ2n) is 13.1. The van der Waals surface area contributed by atoms with Gasteiger partial charge in [-0.2, -0.15) is 0 Å². The van der Waals surface area contributed by atoms with E-state index in [1.807, 2.05) is 24.3 Å². The molecule has 0 aliphatic rings. The summed E-state index contributed by atoms with van der Waals surface area (Å²) in [6, 6.07) is 0. The maximum absolute atomic E-state index is 12.4. The van der Waals surface area contributed by atoms with Crippen LogP contribution >= 0.6 is 7.82 Å². The monoisotopic (exact) mass is 786 g/mol. The van der Waals surface area contributed by atoms with E-state index in [1.165, 1.54) is 44.9 Å². The Balaban J connectivity index is 4.29. The van der Waals surface area contributed by atoms with Crippen molar-refractivity contribution in [3.05, 3.63) is 109 Å². The van der Waals surface area contributed by atoms with Crippen molar-refractivity contribution in [2.45, 2.75) is 148 Å². The fraction of sp³-hybridized carbons (Fsp3) is 0.556. The lowest BCUT2D eigenvalue weighted by Gasteiger charge is -2.18. The summed E-state index contributed by atoms with van der Waals surface area (Å²) < 4.78 is 26.1. The lowest BCUT2D eigenvalue weighted by molar-refractivity contribution is -0.161. The predicted molar refractivity (Wildman–Crippen MR) is 226 cm³/mol. The number of hydrogen-bond donors (Lipinski definition) is 3. The molecule has 0 rings (SSSR count). The van der Waals surface area contributed by atoms with Gasteiger partial charge in [0.25, 0.3) is 0 Å². The Morgan fingerprint density at radius 1 is 0.564 bits per heavy atom. The summed E-state index contributed by atoms with van der Waals surface area (Å²) in [5.41, 5.74) is 0. The number of carbonyl (C=O) groups is 2. The molecule has 0 aliphatic heterocycles. The number of phosphoric acid groups is 1. The van der Waals surface area contributed by atoms with Crippen molar-refractivity contribution < 1.29 is 43.0 Å². The number of unbranched alkanes of at least 4 members (excludes halogenated alkanes) is 6. The summed E-state index contributed by atoms with van der Waals surface area (Å²) in [6.45, 7) is 3.38. The molecule has 0 fully saturated rings. The van der Waals surface area contributed by atoms with Crippen molar-refractivity contribution in [1.29, 1.82) is 0 Å². The van der Waals surface area contributed by atoms with Gasteiger partial charge in [-0.05, 0) is 83.5 Å². The minimum atomic E-state index is -4.83. The molecule has 0 bridgehead atoms. The molecule has 10 heteroatoms. The highest BCUT2D eigenvalue weighted by Gasteiger charge is 2.23. The minimum absolute atomic E-state index is 0.0385. The van der Waals surface area contributed by atoms with Gasteiger partial charge < -0.3 is 24.4 Å². The normalized spacial score (nSPS) is 14.2. The molecule has 0 unspecified atom stereocenters. The first kappa shape index (κ1) is 51.7. The van der Waals surface area contributed by atoms with Gasteiger partial charge in [0.15, 0.2) is 6.10 Å². The number of rotatable bonds is 35. The average Bonchev–Trinajstić information content (AvgIpc) is 3.15. The average molecular weight is 787 g/mol. The van der Waals surface area contributed by atoms with Crippen LogP contribution in [0.15, 0.2) is 109 Å². The van der Waals surface area contributed by atoms with Gasteiger partial charge >= 0.3 is 19.8 Å². The molecule has 55 heavy (non-hydrogen) atoms. The van der Waals surface area contributed by atoms with Crippen LogP contribution in [0, 0.1) is 0 Å². The number of allylic oxidation sites excluding steroid dienone is 17. The zero-order chi connectivity index (χ0) is 40.5. The third kappa shape index (κ3) is 41.7. The summed E-state index contributed by atoms with van der Waals surface area (Å²) >= 11 is 0. The third-order valence-corrected chi connectivity index (χ3v) is 8.37. The molecule has 9 nitrogen and oxygen atoms in total. The molecule has 0 radical (unpaired) electrons. The van der Waals surface area contributed by atoms with Crippen molar-refractivity contribution in [2.75, 3.05) is 13.2 Å². The second kappa shape index (κ2) is 38.9. The molecule has 0 saturated heterocycles. The summed E-state index contributed by atoms with van der Waals surface area (Å²) in [4.78, 5) is 42.8. The lowest BCUT2D eigenvalue weighted by Crippen LogP contribution is -2.29. The topological polar surface area (TPSA) is 140 Å². The molecule has 0 aromatic carbocycles. The van der Waals surface area contributed by atoms with Crippen molar-refractivity contribution >= 4 is 19.8 Å². The van der Waals surface area contributed by atoms with Crippen LogP contribution in [-0.4, -0.2) is 52.3 Å². The van der Waals surface area contributed by atoms with E-state index < -0.39 is 45.2 Å². The van der Waals surface area contributed by atoms with Gasteiger partial charge in [0.05, 0.1) is 12.7 Å². The predicted octanol–water partition coefficient (Wildman–Crippen LogP) is 11.4. The van der Waals surface area contributed by atoms with E-state index in [0.717, 1.165) is 44.9 Å². The van der Waals surface area contributed by atoms with E-state index in [9.17, 15) is 19.3 Å². The summed E-state index contributed by atoms with van der Waals surface area (Å²) in [7, 11) is -4.83. The Morgan fingerprint density at radius 3 is 1.53 bits per heavy atom. The minimum Gasteiger partial charge on any atom is -0.462 e. The molecular formula is C45H71O9P. The van der Waals surface area contributed by atoms with E-state index in [0.29, 0.717) is 19.3 Å². The molecule has 0 heterocycles. The van der Waals surface area contributed by atoms with Gasteiger partial charge in [-0.15, -0.1) is 0 Å². The van der Waals surface area contributed by atoms with E-state index in [2.05, 4.69) is 91.3 Å². The summed E-state index contributed by atoms with van der Waals surface area (Å²) in [5.74, 6) is -1.20. The Labute approximate surface area is 332 Å². The van der Waals surface area contributed by atoms with Crippen LogP contribution in [0.4, 0.5) is 0 Å². The maximum atomic E-state index is 12.4. The van der Waals surface area contributed by atoms with E-state index >= 15 is 0 Å². The van der Waals surface area contributed by atoms with Crippen LogP contribution in [0.3, 0.4) is 0 Å². The SMILES string of the molecule is CCCCC/C=C\C/C=C\C/C=C\C=C\[C@H](O)CCCC(=O)O[C@H](COC(=O)CC/C=C\C/C=C\C/C=C\C/C=C\C/C=C\CCCCC)COP(=O)(O)O.